The third-order valence-electron chi connectivity index (χ3n) is 4.02. The van der Waals surface area contributed by atoms with Gasteiger partial charge in [0, 0.05) is 6.61 Å². The van der Waals surface area contributed by atoms with E-state index in [0.717, 1.165) is 13.0 Å². The molecule has 0 spiro atoms. The predicted molar refractivity (Wildman–Crippen MR) is 75.8 cm³/mol. The summed E-state index contributed by atoms with van der Waals surface area (Å²) >= 11 is 0. The van der Waals surface area contributed by atoms with Crippen LogP contribution in [0.1, 0.15) is 34.1 Å². The molecule has 0 N–H and O–H groups in total. The Morgan fingerprint density at radius 2 is 2.00 bits per heavy atom. The van der Waals surface area contributed by atoms with Crippen molar-refractivity contribution in [3.8, 4) is 0 Å². The minimum atomic E-state index is -1.58. The molecule has 0 radical (unpaired) electrons. The molecule has 2 unspecified atom stereocenters. The van der Waals surface area contributed by atoms with Gasteiger partial charge in [-0.2, -0.15) is 0 Å². The van der Waals surface area contributed by atoms with Gasteiger partial charge in [-0.05, 0) is 30.5 Å². The third-order valence-corrected chi connectivity index (χ3v) is 8.52. The van der Waals surface area contributed by atoms with E-state index < -0.39 is 8.32 Å². The van der Waals surface area contributed by atoms with Crippen molar-refractivity contribution in [1.82, 2.24) is 0 Å². The quantitative estimate of drug-likeness (QED) is 0.407. The lowest BCUT2D eigenvalue weighted by Gasteiger charge is -2.37. The summed E-state index contributed by atoms with van der Waals surface area (Å²) in [6, 6.07) is 0. The summed E-state index contributed by atoms with van der Waals surface area (Å²) in [5.74, 6) is 0.569. The van der Waals surface area contributed by atoms with E-state index >= 15 is 0 Å². The van der Waals surface area contributed by atoms with Crippen molar-refractivity contribution in [3.05, 3.63) is 12.7 Å². The van der Waals surface area contributed by atoms with Crippen molar-refractivity contribution in [1.29, 1.82) is 0 Å². The first-order chi connectivity index (χ1) is 7.67. The second-order valence-corrected chi connectivity index (χ2v) is 11.6. The zero-order chi connectivity index (χ0) is 13.3. The van der Waals surface area contributed by atoms with Crippen LogP contribution in [0.15, 0.2) is 12.7 Å². The summed E-state index contributed by atoms with van der Waals surface area (Å²) in [6.07, 6.45) is 3.67. The van der Waals surface area contributed by atoms with Gasteiger partial charge in [0.25, 0.3) is 0 Å². The first-order valence-corrected chi connectivity index (χ1v) is 9.50. The molecule has 1 aliphatic heterocycles. The molecule has 0 amide bonds. The smallest absolute Gasteiger partial charge is 0.191 e. The van der Waals surface area contributed by atoms with Crippen LogP contribution in [0.5, 0.6) is 0 Å². The average Bonchev–Trinajstić information content (AvgIpc) is 2.92. The fourth-order valence-corrected chi connectivity index (χ4v) is 2.72. The third kappa shape index (κ3) is 4.23. The van der Waals surface area contributed by atoms with Crippen molar-refractivity contribution in [3.63, 3.8) is 0 Å². The topological polar surface area (TPSA) is 21.8 Å². The first-order valence-electron chi connectivity index (χ1n) is 6.59. The Labute approximate surface area is 108 Å². The Hall–Kier alpha value is -0.123. The predicted octanol–water partition coefficient (Wildman–Crippen LogP) is 3.99. The minimum absolute atomic E-state index is 0.297. The zero-order valence-corrected chi connectivity index (χ0v) is 13.2. The van der Waals surface area contributed by atoms with Crippen LogP contribution in [-0.4, -0.2) is 27.1 Å². The van der Waals surface area contributed by atoms with Gasteiger partial charge in [0.15, 0.2) is 8.32 Å². The van der Waals surface area contributed by atoms with Crippen LogP contribution in [0.2, 0.25) is 18.1 Å². The van der Waals surface area contributed by atoms with E-state index in [1.807, 2.05) is 6.08 Å². The highest BCUT2D eigenvalue weighted by molar-refractivity contribution is 6.74. The number of ether oxygens (including phenoxy) is 1. The van der Waals surface area contributed by atoms with E-state index in [1.165, 1.54) is 0 Å². The van der Waals surface area contributed by atoms with Crippen LogP contribution < -0.4 is 0 Å². The van der Waals surface area contributed by atoms with E-state index in [2.05, 4.69) is 47.4 Å². The van der Waals surface area contributed by atoms with Gasteiger partial charge in [0.05, 0.1) is 6.10 Å². The molecule has 1 aliphatic rings. The molecule has 1 fully saturated rings. The Balaban J connectivity index is 2.28. The highest BCUT2D eigenvalue weighted by Gasteiger charge is 2.39. The molecule has 3 heteroatoms. The minimum Gasteiger partial charge on any atom is -0.417 e. The maximum atomic E-state index is 6.21. The molecular weight excluding hydrogens is 228 g/mol. The Morgan fingerprint density at radius 1 is 1.41 bits per heavy atom. The summed E-state index contributed by atoms with van der Waals surface area (Å²) < 4.78 is 11.7. The maximum absolute atomic E-state index is 6.21. The largest absolute Gasteiger partial charge is 0.417 e. The average molecular weight is 256 g/mol. The second-order valence-electron chi connectivity index (χ2n) is 6.79. The molecule has 0 saturated carbocycles. The van der Waals surface area contributed by atoms with Gasteiger partial charge >= 0.3 is 0 Å². The van der Waals surface area contributed by atoms with Gasteiger partial charge in [0.1, 0.15) is 6.10 Å². The van der Waals surface area contributed by atoms with Gasteiger partial charge in [-0.3, -0.25) is 0 Å². The molecule has 0 aromatic carbocycles. The van der Waals surface area contributed by atoms with Crippen LogP contribution in [0.3, 0.4) is 0 Å². The van der Waals surface area contributed by atoms with E-state index in [1.54, 1.807) is 0 Å². The van der Waals surface area contributed by atoms with Gasteiger partial charge in [-0.1, -0.05) is 33.8 Å². The number of hydrogen-bond acceptors (Lipinski definition) is 2. The molecule has 17 heavy (non-hydrogen) atoms. The van der Waals surface area contributed by atoms with Gasteiger partial charge in [0.2, 0.25) is 0 Å². The molecule has 0 aliphatic carbocycles. The maximum Gasteiger partial charge on any atom is 0.191 e. The number of rotatable bonds is 6. The zero-order valence-electron chi connectivity index (χ0n) is 12.2. The molecule has 0 bridgehead atoms. The molecule has 1 heterocycles. The summed E-state index contributed by atoms with van der Waals surface area (Å²) in [4.78, 5) is 0. The molecule has 2 nitrogen and oxygen atoms in total. The lowest BCUT2D eigenvalue weighted by Crippen LogP contribution is -2.41. The summed E-state index contributed by atoms with van der Waals surface area (Å²) in [5.41, 5.74) is 0. The highest BCUT2D eigenvalue weighted by atomic mass is 28.4. The summed E-state index contributed by atoms with van der Waals surface area (Å²) in [7, 11) is -1.58. The summed E-state index contributed by atoms with van der Waals surface area (Å²) in [5, 5.41) is 0.298. The lowest BCUT2D eigenvalue weighted by molar-refractivity contribution is 0.219. The standard InChI is InChI=1S/C14H28O2Si/c1-8-12-13(16-12)9-11(2)10-15-17(6,7)14(3,4)5/h8,11-13H,1,9-10H2,2-7H3/t11?,12?,13-/m1/s1. The number of epoxide rings is 1. The van der Waals surface area contributed by atoms with Crippen LogP contribution in [0, 0.1) is 5.92 Å². The van der Waals surface area contributed by atoms with Gasteiger partial charge in [-0.25, -0.2) is 0 Å². The second kappa shape index (κ2) is 5.25. The van der Waals surface area contributed by atoms with Crippen molar-refractivity contribution < 1.29 is 9.16 Å². The van der Waals surface area contributed by atoms with Crippen molar-refractivity contribution >= 4 is 8.32 Å². The van der Waals surface area contributed by atoms with E-state index in [-0.39, 0.29) is 0 Å². The fourth-order valence-electron chi connectivity index (χ4n) is 1.59. The summed E-state index contributed by atoms with van der Waals surface area (Å²) in [6.45, 7) is 18.3. The monoisotopic (exact) mass is 256 g/mol. The van der Waals surface area contributed by atoms with Crippen LogP contribution in [-0.2, 0) is 9.16 Å². The lowest BCUT2D eigenvalue weighted by atomic mass is 10.1. The molecule has 3 atom stereocenters. The SMILES string of the molecule is C=CC1O[C@@H]1CC(C)CO[Si](C)(C)C(C)(C)C. The van der Waals surface area contributed by atoms with E-state index in [4.69, 9.17) is 9.16 Å². The first kappa shape index (κ1) is 14.9. The van der Waals surface area contributed by atoms with Crippen LogP contribution in [0.25, 0.3) is 0 Å². The Bertz CT molecular complexity index is 268. The van der Waals surface area contributed by atoms with Crippen molar-refractivity contribution in [2.24, 2.45) is 5.92 Å². The van der Waals surface area contributed by atoms with Crippen molar-refractivity contribution in [2.45, 2.75) is 64.5 Å². The van der Waals surface area contributed by atoms with E-state index in [9.17, 15) is 0 Å². The molecule has 100 valence electrons. The van der Waals surface area contributed by atoms with Crippen LogP contribution >= 0.6 is 0 Å². The van der Waals surface area contributed by atoms with Gasteiger partial charge < -0.3 is 9.16 Å². The van der Waals surface area contributed by atoms with Gasteiger partial charge in [-0.15, -0.1) is 6.58 Å². The molecule has 0 aromatic rings. The highest BCUT2D eigenvalue weighted by Crippen LogP contribution is 2.37. The Kier molecular flexibility index (Phi) is 4.61. The van der Waals surface area contributed by atoms with E-state index in [0.29, 0.717) is 23.2 Å². The molecular formula is C14H28O2Si. The van der Waals surface area contributed by atoms with Crippen molar-refractivity contribution in [2.75, 3.05) is 6.61 Å². The van der Waals surface area contributed by atoms with Crippen LogP contribution in [0.4, 0.5) is 0 Å². The number of hydrogen-bond donors (Lipinski definition) is 0. The fraction of sp³-hybridized carbons (Fsp3) is 0.857. The normalized spacial score (nSPS) is 26.7. The molecule has 1 rings (SSSR count). The molecule has 0 aromatic heterocycles. The molecule has 1 saturated heterocycles. The Morgan fingerprint density at radius 3 is 2.41 bits per heavy atom.